The second-order valence-corrected chi connectivity index (χ2v) is 8.90. The summed E-state index contributed by atoms with van der Waals surface area (Å²) in [5, 5.41) is 11.2. The van der Waals surface area contributed by atoms with E-state index in [9.17, 15) is 14.7 Å². The van der Waals surface area contributed by atoms with Gasteiger partial charge in [0.15, 0.2) is 11.7 Å². The Morgan fingerprint density at radius 3 is 2.42 bits per heavy atom. The molecule has 0 fully saturated rings. The Kier molecular flexibility index (Phi) is 8.55. The smallest absolute Gasteiger partial charge is 0.248 e. The number of carbonyl (C=O) groups is 2. The fraction of sp³-hybridized carbons (Fsp3) is 0.233. The predicted molar refractivity (Wildman–Crippen MR) is 150 cm³/mol. The minimum Gasteiger partial charge on any atom is -0.494 e. The second kappa shape index (κ2) is 12.2. The normalized spacial score (nSPS) is 11.4. The first-order chi connectivity index (χ1) is 18.4. The molecule has 0 spiro atoms. The van der Waals surface area contributed by atoms with E-state index in [1.165, 1.54) is 6.07 Å². The van der Waals surface area contributed by atoms with Gasteiger partial charge in [0.05, 0.1) is 17.9 Å². The molecule has 38 heavy (non-hydrogen) atoms. The third kappa shape index (κ3) is 6.27. The molecular weight excluding hydrogens is 480 g/mol. The van der Waals surface area contributed by atoms with E-state index < -0.39 is 5.91 Å². The molecule has 1 aromatic heterocycles. The molecule has 0 aliphatic carbocycles. The molecule has 1 amide bonds. The van der Waals surface area contributed by atoms with Crippen LogP contribution in [0, 0.1) is 0 Å². The van der Waals surface area contributed by atoms with E-state index in [0.29, 0.717) is 28.8 Å². The van der Waals surface area contributed by atoms with Crippen molar-refractivity contribution in [3.8, 4) is 11.6 Å². The van der Waals surface area contributed by atoms with E-state index in [1.54, 1.807) is 42.6 Å². The van der Waals surface area contributed by atoms with E-state index in [-0.39, 0.29) is 17.2 Å². The van der Waals surface area contributed by atoms with Gasteiger partial charge in [0.2, 0.25) is 5.91 Å². The lowest BCUT2D eigenvalue weighted by Gasteiger charge is -2.17. The molecule has 8 nitrogen and oxygen atoms in total. The number of H-pyrrole nitrogens is 1. The molecule has 4 aromatic rings. The maximum atomic E-state index is 13.0. The number of ketones is 1. The quantitative estimate of drug-likeness (QED) is 0.139. The van der Waals surface area contributed by atoms with Crippen molar-refractivity contribution >= 4 is 34.5 Å². The van der Waals surface area contributed by atoms with Crippen LogP contribution in [-0.2, 0) is 0 Å². The van der Waals surface area contributed by atoms with Crippen LogP contribution in [0.25, 0.3) is 10.9 Å². The number of ether oxygens (including phenoxy) is 1. The summed E-state index contributed by atoms with van der Waals surface area (Å²) in [7, 11) is 0. The van der Waals surface area contributed by atoms with Crippen molar-refractivity contribution in [2.75, 3.05) is 26.2 Å². The average molecular weight is 513 g/mol. The molecule has 0 aliphatic heterocycles. The summed E-state index contributed by atoms with van der Waals surface area (Å²) in [6, 6.07) is 18.9. The van der Waals surface area contributed by atoms with E-state index in [4.69, 9.17) is 10.5 Å². The molecule has 4 rings (SSSR count). The van der Waals surface area contributed by atoms with Crippen molar-refractivity contribution < 1.29 is 19.4 Å². The van der Waals surface area contributed by atoms with Crippen molar-refractivity contribution in [1.29, 1.82) is 0 Å². The Morgan fingerprint density at radius 1 is 1.00 bits per heavy atom. The lowest BCUT2D eigenvalue weighted by Crippen LogP contribution is -2.25. The van der Waals surface area contributed by atoms with Crippen LogP contribution in [0.4, 0.5) is 5.69 Å². The number of aromatic hydroxyl groups is 1. The zero-order chi connectivity index (χ0) is 27.1. The van der Waals surface area contributed by atoms with E-state index in [2.05, 4.69) is 28.7 Å². The summed E-state index contributed by atoms with van der Waals surface area (Å²) in [5.41, 5.74) is 8.20. The van der Waals surface area contributed by atoms with E-state index in [1.807, 2.05) is 24.3 Å². The molecular formula is C30H32N4O4. The maximum Gasteiger partial charge on any atom is 0.248 e. The highest BCUT2D eigenvalue weighted by Crippen LogP contribution is 2.28. The van der Waals surface area contributed by atoms with Crippen molar-refractivity contribution in [2.45, 2.75) is 20.3 Å². The fourth-order valence-corrected chi connectivity index (χ4v) is 4.24. The number of nitrogens with two attached hydrogens (primary N) is 1. The Balaban J connectivity index is 1.44. The van der Waals surface area contributed by atoms with Crippen molar-refractivity contribution in [3.63, 3.8) is 0 Å². The van der Waals surface area contributed by atoms with Gasteiger partial charge >= 0.3 is 0 Å². The van der Waals surface area contributed by atoms with Crippen LogP contribution in [0.5, 0.6) is 11.6 Å². The fourth-order valence-electron chi connectivity index (χ4n) is 4.24. The summed E-state index contributed by atoms with van der Waals surface area (Å²) in [6.07, 6.45) is 2.56. The van der Waals surface area contributed by atoms with Crippen LogP contribution >= 0.6 is 0 Å². The van der Waals surface area contributed by atoms with Crippen LogP contribution in [0.3, 0.4) is 0 Å². The lowest BCUT2D eigenvalue weighted by atomic mass is 10.00. The first-order valence-corrected chi connectivity index (χ1v) is 12.7. The van der Waals surface area contributed by atoms with E-state index >= 15 is 0 Å². The summed E-state index contributed by atoms with van der Waals surface area (Å²) < 4.78 is 5.83. The highest BCUT2D eigenvalue weighted by molar-refractivity contribution is 6.12. The summed E-state index contributed by atoms with van der Waals surface area (Å²) in [6.45, 7) is 8.08. The standard InChI is InChI=1S/C30H32N4O4/c1-3-34(4-2)15-6-16-38-24-12-10-23(11-13-24)32-19-26-25-14-9-21(18-27(25)33-30(26)37)28(35)20-7-5-8-22(17-20)29(31)36/h5,7-14,17-19,33,37H,3-4,6,15-16H2,1-2H3,(H2,31,36). The van der Waals surface area contributed by atoms with Gasteiger partial charge in [0.1, 0.15) is 5.75 Å². The van der Waals surface area contributed by atoms with Crippen LogP contribution < -0.4 is 10.5 Å². The number of carbonyl (C=O) groups excluding carboxylic acids is 2. The monoisotopic (exact) mass is 512 g/mol. The Hall–Kier alpha value is -4.43. The maximum absolute atomic E-state index is 13.0. The molecule has 0 aliphatic rings. The van der Waals surface area contributed by atoms with Crippen LogP contribution in [0.15, 0.2) is 71.7 Å². The number of nitrogens with zero attached hydrogens (tertiary/aromatic N) is 2. The number of hydrogen-bond donors (Lipinski definition) is 3. The summed E-state index contributed by atoms with van der Waals surface area (Å²) in [5.74, 6) is -0.106. The van der Waals surface area contributed by atoms with Crippen molar-refractivity contribution in [1.82, 2.24) is 9.88 Å². The number of nitrogens with one attached hydrogen (secondary N) is 1. The van der Waals surface area contributed by atoms with Gasteiger partial charge in [0.25, 0.3) is 0 Å². The van der Waals surface area contributed by atoms with Crippen LogP contribution in [0.1, 0.15) is 52.1 Å². The molecule has 0 atom stereocenters. The average Bonchev–Trinajstić information content (AvgIpc) is 3.26. The van der Waals surface area contributed by atoms with Gasteiger partial charge in [-0.1, -0.05) is 38.1 Å². The summed E-state index contributed by atoms with van der Waals surface area (Å²) in [4.78, 5) is 34.2. The minimum atomic E-state index is -0.596. The third-order valence-corrected chi connectivity index (χ3v) is 6.45. The molecule has 196 valence electrons. The van der Waals surface area contributed by atoms with Gasteiger partial charge in [-0.25, -0.2) is 0 Å². The van der Waals surface area contributed by atoms with Crippen molar-refractivity contribution in [3.05, 3.63) is 89.0 Å². The number of aliphatic imine (C=N–C) groups is 1. The van der Waals surface area contributed by atoms with Crippen LogP contribution in [0.2, 0.25) is 0 Å². The summed E-state index contributed by atoms with van der Waals surface area (Å²) >= 11 is 0. The van der Waals surface area contributed by atoms with Gasteiger partial charge in [-0.2, -0.15) is 0 Å². The van der Waals surface area contributed by atoms with Crippen molar-refractivity contribution in [2.24, 2.45) is 10.7 Å². The lowest BCUT2D eigenvalue weighted by molar-refractivity contribution is 0.1000. The van der Waals surface area contributed by atoms with E-state index in [0.717, 1.165) is 42.9 Å². The number of amides is 1. The number of rotatable bonds is 12. The highest BCUT2D eigenvalue weighted by Gasteiger charge is 2.15. The SMILES string of the molecule is CCN(CC)CCCOc1ccc(N=Cc2c(O)[nH]c3cc(C(=O)c4cccc(C(N)=O)c4)ccc23)cc1. The molecule has 1 heterocycles. The highest BCUT2D eigenvalue weighted by atomic mass is 16.5. The third-order valence-electron chi connectivity index (χ3n) is 6.45. The first kappa shape index (κ1) is 26.6. The minimum absolute atomic E-state index is 0.0442. The van der Waals surface area contributed by atoms with Gasteiger partial charge in [-0.05, 0) is 62.0 Å². The zero-order valence-corrected chi connectivity index (χ0v) is 21.6. The van der Waals surface area contributed by atoms with Gasteiger partial charge < -0.3 is 25.5 Å². The molecule has 4 N–H and O–H groups in total. The molecule has 0 unspecified atom stereocenters. The molecule has 0 saturated carbocycles. The molecule has 0 radical (unpaired) electrons. The number of aromatic amines is 1. The number of benzene rings is 3. The zero-order valence-electron chi connectivity index (χ0n) is 21.6. The Labute approximate surface area is 221 Å². The first-order valence-electron chi connectivity index (χ1n) is 12.7. The number of fused-ring (bicyclic) bond motifs is 1. The number of aromatic nitrogens is 1. The molecule has 0 saturated heterocycles. The predicted octanol–water partition coefficient (Wildman–Crippen LogP) is 5.06. The molecule has 3 aromatic carbocycles. The topological polar surface area (TPSA) is 121 Å². The Bertz CT molecular complexity index is 1450. The van der Waals surface area contributed by atoms with Gasteiger partial charge in [-0.15, -0.1) is 0 Å². The van der Waals surface area contributed by atoms with Gasteiger partial charge in [-0.3, -0.25) is 14.6 Å². The number of hydrogen-bond acceptors (Lipinski definition) is 6. The number of primary amides is 1. The Morgan fingerprint density at radius 2 is 1.71 bits per heavy atom. The van der Waals surface area contributed by atoms with Gasteiger partial charge in [0, 0.05) is 40.4 Å². The second-order valence-electron chi connectivity index (χ2n) is 8.90. The van der Waals surface area contributed by atoms with Crippen LogP contribution in [-0.4, -0.2) is 59.1 Å². The largest absolute Gasteiger partial charge is 0.494 e. The molecule has 8 heteroatoms. The molecule has 0 bridgehead atoms.